The highest BCUT2D eigenvalue weighted by Crippen LogP contribution is 2.28. The van der Waals surface area contributed by atoms with Crippen molar-refractivity contribution in [3.63, 3.8) is 0 Å². The largest absolute Gasteiger partial charge is 0.308 e. The maximum Gasteiger partial charge on any atom is 0.148 e. The minimum atomic E-state index is -0.227. The summed E-state index contributed by atoms with van der Waals surface area (Å²) in [4.78, 5) is 0. The van der Waals surface area contributed by atoms with E-state index in [0.717, 1.165) is 19.1 Å². The average Bonchev–Trinajstić information content (AvgIpc) is 2.75. The molecule has 3 nitrogen and oxygen atoms in total. The maximum atomic E-state index is 13.0. The lowest BCUT2D eigenvalue weighted by Gasteiger charge is -2.03. The van der Waals surface area contributed by atoms with Crippen LogP contribution in [-0.2, 0) is 6.54 Å². The molecule has 6 heteroatoms. The number of benzene rings is 1. The molecule has 1 aromatic heterocycles. The highest BCUT2D eigenvalue weighted by Gasteiger charge is 2.10. The van der Waals surface area contributed by atoms with Crippen LogP contribution >= 0.6 is 33.9 Å². The summed E-state index contributed by atoms with van der Waals surface area (Å²) in [5.41, 5.74) is 0.935. The molecule has 18 heavy (non-hydrogen) atoms. The molecular weight excluding hydrogens is 364 g/mol. The predicted molar refractivity (Wildman–Crippen MR) is 80.0 cm³/mol. The molecule has 0 radical (unpaired) electrons. The van der Waals surface area contributed by atoms with E-state index in [4.69, 9.17) is 0 Å². The van der Waals surface area contributed by atoms with Gasteiger partial charge in [-0.3, -0.25) is 0 Å². The van der Waals surface area contributed by atoms with Crippen LogP contribution in [0.4, 0.5) is 4.39 Å². The number of aromatic nitrogens is 2. The lowest BCUT2D eigenvalue weighted by Crippen LogP contribution is -2.21. The van der Waals surface area contributed by atoms with Crippen molar-refractivity contribution < 1.29 is 4.39 Å². The molecule has 0 saturated carbocycles. The highest BCUT2D eigenvalue weighted by atomic mass is 127. The van der Waals surface area contributed by atoms with Gasteiger partial charge in [0.15, 0.2) is 0 Å². The van der Waals surface area contributed by atoms with E-state index in [1.807, 2.05) is 0 Å². The quantitative estimate of drug-likeness (QED) is 0.830. The molecule has 0 aliphatic rings. The van der Waals surface area contributed by atoms with Gasteiger partial charge in [-0.25, -0.2) is 4.39 Å². The van der Waals surface area contributed by atoms with Gasteiger partial charge in [0.2, 0.25) is 0 Å². The van der Waals surface area contributed by atoms with Crippen LogP contribution < -0.4 is 5.32 Å². The Morgan fingerprint density at radius 2 is 2.17 bits per heavy atom. The van der Waals surface area contributed by atoms with Crippen molar-refractivity contribution in [2.75, 3.05) is 0 Å². The molecule has 0 unspecified atom stereocenters. The van der Waals surface area contributed by atoms with Gasteiger partial charge in [-0.15, -0.1) is 10.2 Å². The minimum Gasteiger partial charge on any atom is -0.308 e. The van der Waals surface area contributed by atoms with Gasteiger partial charge in [0.25, 0.3) is 0 Å². The summed E-state index contributed by atoms with van der Waals surface area (Å²) in [5, 5.41) is 13.4. The van der Waals surface area contributed by atoms with Gasteiger partial charge < -0.3 is 5.32 Å². The zero-order valence-corrected chi connectivity index (χ0v) is 13.0. The lowest BCUT2D eigenvalue weighted by atomic mass is 10.2. The van der Waals surface area contributed by atoms with E-state index in [2.05, 4.69) is 52.0 Å². The lowest BCUT2D eigenvalue weighted by molar-refractivity contribution is 0.585. The van der Waals surface area contributed by atoms with Crippen LogP contribution in [0.1, 0.15) is 18.9 Å². The van der Waals surface area contributed by atoms with Crippen molar-refractivity contribution in [2.45, 2.75) is 26.4 Å². The first-order valence-corrected chi connectivity index (χ1v) is 7.47. The number of halogens is 2. The first-order chi connectivity index (χ1) is 8.56. The molecule has 0 aliphatic heterocycles. The fraction of sp³-hybridized carbons (Fsp3) is 0.333. The van der Waals surface area contributed by atoms with Crippen molar-refractivity contribution in [3.8, 4) is 10.6 Å². The van der Waals surface area contributed by atoms with Gasteiger partial charge in [0, 0.05) is 21.7 Å². The first-order valence-electron chi connectivity index (χ1n) is 5.57. The third kappa shape index (κ3) is 3.46. The van der Waals surface area contributed by atoms with E-state index in [-0.39, 0.29) is 5.82 Å². The number of nitrogens with one attached hydrogen (secondary N) is 1. The molecule has 0 fully saturated rings. The van der Waals surface area contributed by atoms with E-state index >= 15 is 0 Å². The molecule has 0 bridgehead atoms. The Kier molecular flexibility index (Phi) is 4.63. The summed E-state index contributed by atoms with van der Waals surface area (Å²) >= 11 is 3.65. The highest BCUT2D eigenvalue weighted by molar-refractivity contribution is 14.1. The standard InChI is InChI=1S/C12H13FIN3S/c1-7(2)15-6-11-16-17-12(18-11)9-4-3-8(13)5-10(9)14/h3-5,7,15H,6H2,1-2H3. The van der Waals surface area contributed by atoms with Crippen LogP contribution in [0.15, 0.2) is 18.2 Å². The number of hydrogen-bond acceptors (Lipinski definition) is 4. The fourth-order valence-corrected chi connectivity index (χ4v) is 3.13. The maximum absolute atomic E-state index is 13.0. The molecule has 1 aromatic carbocycles. The van der Waals surface area contributed by atoms with E-state index in [9.17, 15) is 4.39 Å². The summed E-state index contributed by atoms with van der Waals surface area (Å²) in [6.07, 6.45) is 0. The van der Waals surface area contributed by atoms with E-state index in [1.54, 1.807) is 6.07 Å². The molecule has 0 atom stereocenters. The third-order valence-electron chi connectivity index (χ3n) is 2.29. The van der Waals surface area contributed by atoms with Crippen LogP contribution in [0.5, 0.6) is 0 Å². The smallest absolute Gasteiger partial charge is 0.148 e. The van der Waals surface area contributed by atoms with Crippen LogP contribution in [0.3, 0.4) is 0 Å². The Balaban J connectivity index is 2.18. The molecule has 1 N–H and O–H groups in total. The Hall–Kier alpha value is -0.600. The van der Waals surface area contributed by atoms with Crippen molar-refractivity contribution in [2.24, 2.45) is 0 Å². The second-order valence-corrected chi connectivity index (χ2v) is 6.38. The number of nitrogens with zero attached hydrogens (tertiary/aromatic N) is 2. The van der Waals surface area contributed by atoms with Gasteiger partial charge >= 0.3 is 0 Å². The molecule has 0 saturated heterocycles. The summed E-state index contributed by atoms with van der Waals surface area (Å²) in [6.45, 7) is 4.89. The Labute approximate surface area is 123 Å². The average molecular weight is 377 g/mol. The van der Waals surface area contributed by atoms with Gasteiger partial charge in [0.05, 0.1) is 0 Å². The van der Waals surface area contributed by atoms with Crippen LogP contribution in [-0.4, -0.2) is 16.2 Å². The fourth-order valence-electron chi connectivity index (χ4n) is 1.39. The molecule has 96 valence electrons. The minimum absolute atomic E-state index is 0.227. The number of rotatable bonds is 4. The zero-order valence-electron chi connectivity index (χ0n) is 10.1. The molecule has 1 heterocycles. The Bertz CT molecular complexity index is 542. The second kappa shape index (κ2) is 6.03. The molecule has 0 aliphatic carbocycles. The summed E-state index contributed by atoms with van der Waals surface area (Å²) in [6, 6.07) is 5.12. The van der Waals surface area contributed by atoms with E-state index < -0.39 is 0 Å². The van der Waals surface area contributed by atoms with E-state index in [0.29, 0.717) is 12.6 Å². The van der Waals surface area contributed by atoms with Crippen LogP contribution in [0.25, 0.3) is 10.6 Å². The first kappa shape index (κ1) is 13.8. The van der Waals surface area contributed by atoms with Crippen LogP contribution in [0.2, 0.25) is 0 Å². The molecular formula is C12H13FIN3S. The Morgan fingerprint density at radius 3 is 2.83 bits per heavy atom. The van der Waals surface area contributed by atoms with Crippen molar-refractivity contribution >= 4 is 33.9 Å². The number of hydrogen-bond donors (Lipinski definition) is 1. The third-order valence-corrected chi connectivity index (χ3v) is 4.14. The van der Waals surface area contributed by atoms with Crippen LogP contribution in [0, 0.1) is 9.39 Å². The summed E-state index contributed by atoms with van der Waals surface area (Å²) in [5.74, 6) is -0.227. The van der Waals surface area contributed by atoms with Gasteiger partial charge in [-0.05, 0) is 40.8 Å². The summed E-state index contributed by atoms with van der Waals surface area (Å²) < 4.78 is 13.9. The van der Waals surface area contributed by atoms with Crippen molar-refractivity contribution in [1.29, 1.82) is 0 Å². The Morgan fingerprint density at radius 1 is 1.39 bits per heavy atom. The van der Waals surface area contributed by atoms with E-state index in [1.165, 1.54) is 23.5 Å². The van der Waals surface area contributed by atoms with Crippen molar-refractivity contribution in [1.82, 2.24) is 15.5 Å². The normalized spacial score (nSPS) is 11.2. The van der Waals surface area contributed by atoms with Crippen molar-refractivity contribution in [3.05, 3.63) is 32.6 Å². The van der Waals surface area contributed by atoms with Gasteiger partial charge in [-0.2, -0.15) is 0 Å². The summed E-state index contributed by atoms with van der Waals surface area (Å²) in [7, 11) is 0. The van der Waals surface area contributed by atoms with Gasteiger partial charge in [0.1, 0.15) is 15.8 Å². The topological polar surface area (TPSA) is 37.8 Å². The predicted octanol–water partition coefficient (Wildman–Crippen LogP) is 3.45. The van der Waals surface area contributed by atoms with Gasteiger partial charge in [-0.1, -0.05) is 25.2 Å². The molecule has 0 spiro atoms. The zero-order chi connectivity index (χ0) is 13.1. The monoisotopic (exact) mass is 377 g/mol. The molecule has 0 amide bonds. The SMILES string of the molecule is CC(C)NCc1nnc(-c2ccc(F)cc2I)s1. The second-order valence-electron chi connectivity index (χ2n) is 4.16. The molecule has 2 rings (SSSR count). The molecule has 2 aromatic rings.